The van der Waals surface area contributed by atoms with Gasteiger partial charge in [0.2, 0.25) is 11.2 Å². The lowest BCUT2D eigenvalue weighted by Gasteiger charge is -2.19. The molecule has 0 unspecified atom stereocenters. The van der Waals surface area contributed by atoms with Gasteiger partial charge in [0, 0.05) is 12.2 Å². The number of hydrogen-bond donors (Lipinski definition) is 2. The standard InChI is InChI=1S/C23H22F2N2O4/c1-31-22-19(25)18(24)10-16-20(22)27(15-7-8-15)11-17(21(16)29)23(30)26-14(12-28)9-13-5-3-2-4-6-13/h2-6,10-11,14-15,28H,7-9,12H2,1H3,(H,26,30)/t14-/m1/s1. The van der Waals surface area contributed by atoms with Crippen LogP contribution in [-0.4, -0.2) is 35.3 Å². The summed E-state index contributed by atoms with van der Waals surface area (Å²) >= 11 is 0. The first kappa shape index (κ1) is 21.0. The fraction of sp³-hybridized carbons (Fsp3) is 0.304. The summed E-state index contributed by atoms with van der Waals surface area (Å²) in [6.45, 7) is -0.321. The van der Waals surface area contributed by atoms with Crippen LogP contribution < -0.4 is 15.5 Å². The van der Waals surface area contributed by atoms with Gasteiger partial charge in [0.25, 0.3) is 5.91 Å². The number of pyridine rings is 1. The number of ether oxygens (including phenoxy) is 1. The molecule has 1 heterocycles. The molecule has 2 aromatic carbocycles. The number of aliphatic hydroxyl groups is 1. The summed E-state index contributed by atoms with van der Waals surface area (Å²) in [6.07, 6.45) is 3.32. The molecule has 1 aromatic heterocycles. The third-order valence-corrected chi connectivity index (χ3v) is 5.44. The number of amides is 1. The van der Waals surface area contributed by atoms with Crippen LogP contribution in [0.25, 0.3) is 10.9 Å². The van der Waals surface area contributed by atoms with Gasteiger partial charge in [0.15, 0.2) is 11.6 Å². The summed E-state index contributed by atoms with van der Waals surface area (Å²) in [7, 11) is 1.20. The molecule has 31 heavy (non-hydrogen) atoms. The molecule has 1 fully saturated rings. The van der Waals surface area contributed by atoms with Crippen molar-refractivity contribution >= 4 is 16.8 Å². The number of aliphatic hydroxyl groups excluding tert-OH is 1. The molecule has 0 bridgehead atoms. The Morgan fingerprint density at radius 2 is 2.00 bits per heavy atom. The number of benzene rings is 2. The van der Waals surface area contributed by atoms with Crippen LogP contribution in [-0.2, 0) is 6.42 Å². The molecule has 1 aliphatic rings. The zero-order chi connectivity index (χ0) is 22.1. The molecule has 162 valence electrons. The van der Waals surface area contributed by atoms with Gasteiger partial charge in [0.05, 0.1) is 30.7 Å². The molecule has 3 aromatic rings. The van der Waals surface area contributed by atoms with E-state index in [9.17, 15) is 23.5 Å². The van der Waals surface area contributed by atoms with E-state index < -0.39 is 29.0 Å². The summed E-state index contributed by atoms with van der Waals surface area (Å²) in [4.78, 5) is 26.0. The number of rotatable bonds is 7. The molecule has 2 N–H and O–H groups in total. The van der Waals surface area contributed by atoms with Crippen molar-refractivity contribution in [2.75, 3.05) is 13.7 Å². The fourth-order valence-corrected chi connectivity index (χ4v) is 3.74. The maximum atomic E-state index is 14.3. The number of methoxy groups -OCH3 is 1. The summed E-state index contributed by atoms with van der Waals surface area (Å²) in [5.41, 5.74) is 0.128. The number of hydrogen-bond acceptors (Lipinski definition) is 4. The largest absolute Gasteiger partial charge is 0.491 e. The highest BCUT2D eigenvalue weighted by Gasteiger charge is 2.30. The van der Waals surface area contributed by atoms with Crippen molar-refractivity contribution in [1.82, 2.24) is 9.88 Å². The van der Waals surface area contributed by atoms with Gasteiger partial charge in [-0.1, -0.05) is 30.3 Å². The number of nitrogens with zero attached hydrogens (tertiary/aromatic N) is 1. The highest BCUT2D eigenvalue weighted by atomic mass is 19.2. The first-order valence-corrected chi connectivity index (χ1v) is 10.0. The van der Waals surface area contributed by atoms with E-state index in [1.807, 2.05) is 30.3 Å². The molecule has 1 amide bonds. The summed E-state index contributed by atoms with van der Waals surface area (Å²) in [5, 5.41) is 12.3. The molecule has 0 aliphatic heterocycles. The van der Waals surface area contributed by atoms with Crippen molar-refractivity contribution in [2.45, 2.75) is 31.3 Å². The average Bonchev–Trinajstić information content (AvgIpc) is 3.61. The second kappa shape index (κ2) is 8.47. The topological polar surface area (TPSA) is 80.6 Å². The maximum Gasteiger partial charge on any atom is 0.257 e. The maximum absolute atomic E-state index is 14.3. The Bertz CT molecular complexity index is 1190. The number of aromatic nitrogens is 1. The van der Waals surface area contributed by atoms with Crippen LogP contribution in [0.2, 0.25) is 0 Å². The Morgan fingerprint density at radius 3 is 2.61 bits per heavy atom. The smallest absolute Gasteiger partial charge is 0.257 e. The number of fused-ring (bicyclic) bond motifs is 1. The summed E-state index contributed by atoms with van der Waals surface area (Å²) in [6, 6.07) is 9.46. The molecule has 0 radical (unpaired) electrons. The molecule has 1 saturated carbocycles. The lowest BCUT2D eigenvalue weighted by Crippen LogP contribution is -2.41. The molecule has 0 saturated heterocycles. The zero-order valence-electron chi connectivity index (χ0n) is 16.9. The van der Waals surface area contributed by atoms with Crippen LogP contribution in [0.1, 0.15) is 34.8 Å². The second-order valence-electron chi connectivity index (χ2n) is 7.65. The predicted octanol–water partition coefficient (Wildman–Crippen LogP) is 2.96. The van der Waals surface area contributed by atoms with Crippen LogP contribution in [0.4, 0.5) is 8.78 Å². The third-order valence-electron chi connectivity index (χ3n) is 5.44. The Kier molecular flexibility index (Phi) is 5.73. The number of carbonyl (C=O) groups excluding carboxylic acids is 1. The normalized spacial score (nSPS) is 14.5. The van der Waals surface area contributed by atoms with Gasteiger partial charge < -0.3 is 19.7 Å². The van der Waals surface area contributed by atoms with Crippen LogP contribution in [0.5, 0.6) is 5.75 Å². The van der Waals surface area contributed by atoms with E-state index in [-0.39, 0.29) is 34.9 Å². The van der Waals surface area contributed by atoms with Crippen molar-refractivity contribution in [1.29, 1.82) is 0 Å². The molecule has 4 rings (SSSR count). The predicted molar refractivity (Wildman–Crippen MR) is 111 cm³/mol. The van der Waals surface area contributed by atoms with Crippen molar-refractivity contribution < 1.29 is 23.4 Å². The number of halogens is 2. The van der Waals surface area contributed by atoms with E-state index in [1.54, 1.807) is 4.57 Å². The molecular weight excluding hydrogens is 406 g/mol. The first-order valence-electron chi connectivity index (χ1n) is 10.0. The van der Waals surface area contributed by atoms with Crippen molar-refractivity contribution in [3.05, 3.63) is 75.6 Å². The fourth-order valence-electron chi connectivity index (χ4n) is 3.74. The Labute approximate surface area is 177 Å². The van der Waals surface area contributed by atoms with Gasteiger partial charge in [-0.15, -0.1) is 0 Å². The number of carbonyl (C=O) groups is 1. The highest BCUT2D eigenvalue weighted by molar-refractivity contribution is 5.98. The van der Waals surface area contributed by atoms with E-state index in [4.69, 9.17) is 4.74 Å². The van der Waals surface area contributed by atoms with Crippen molar-refractivity contribution in [2.24, 2.45) is 0 Å². The van der Waals surface area contributed by atoms with Gasteiger partial charge >= 0.3 is 0 Å². The van der Waals surface area contributed by atoms with E-state index >= 15 is 0 Å². The summed E-state index contributed by atoms with van der Waals surface area (Å²) < 4.78 is 35.1. The Balaban J connectivity index is 1.75. The molecular formula is C23H22F2N2O4. The third kappa shape index (κ3) is 4.03. The van der Waals surface area contributed by atoms with E-state index in [1.165, 1.54) is 13.3 Å². The average molecular weight is 428 g/mol. The molecule has 8 heteroatoms. The monoisotopic (exact) mass is 428 g/mol. The molecule has 0 spiro atoms. The lowest BCUT2D eigenvalue weighted by molar-refractivity contribution is 0.0915. The first-order chi connectivity index (χ1) is 14.9. The minimum Gasteiger partial charge on any atom is -0.491 e. The molecule has 1 aliphatic carbocycles. The minimum atomic E-state index is -1.22. The van der Waals surface area contributed by atoms with Gasteiger partial charge in [-0.3, -0.25) is 9.59 Å². The molecule has 1 atom stereocenters. The Hall–Kier alpha value is -3.26. The second-order valence-corrected chi connectivity index (χ2v) is 7.65. The molecule has 6 nitrogen and oxygen atoms in total. The van der Waals surface area contributed by atoms with Crippen LogP contribution in [0.3, 0.4) is 0 Å². The van der Waals surface area contributed by atoms with Crippen LogP contribution in [0, 0.1) is 11.6 Å². The van der Waals surface area contributed by atoms with E-state index in [0.717, 1.165) is 24.5 Å². The Morgan fingerprint density at radius 1 is 1.29 bits per heavy atom. The lowest BCUT2D eigenvalue weighted by atomic mass is 10.1. The van der Waals surface area contributed by atoms with Gasteiger partial charge in [-0.05, 0) is 30.9 Å². The minimum absolute atomic E-state index is 0.0358. The van der Waals surface area contributed by atoms with Crippen LogP contribution >= 0.6 is 0 Å². The van der Waals surface area contributed by atoms with Gasteiger partial charge in [-0.2, -0.15) is 4.39 Å². The quantitative estimate of drug-likeness (QED) is 0.606. The number of nitrogens with one attached hydrogen (secondary N) is 1. The van der Waals surface area contributed by atoms with Crippen molar-refractivity contribution in [3.8, 4) is 5.75 Å². The van der Waals surface area contributed by atoms with Crippen LogP contribution in [0.15, 0.2) is 47.4 Å². The van der Waals surface area contributed by atoms with Gasteiger partial charge in [0.1, 0.15) is 5.56 Å². The zero-order valence-corrected chi connectivity index (χ0v) is 16.9. The van der Waals surface area contributed by atoms with E-state index in [0.29, 0.717) is 6.42 Å². The highest BCUT2D eigenvalue weighted by Crippen LogP contribution is 2.40. The van der Waals surface area contributed by atoms with Gasteiger partial charge in [-0.25, -0.2) is 4.39 Å². The van der Waals surface area contributed by atoms with Crippen molar-refractivity contribution in [3.63, 3.8) is 0 Å². The summed E-state index contributed by atoms with van der Waals surface area (Å²) in [5.74, 6) is -3.44. The van der Waals surface area contributed by atoms with E-state index in [2.05, 4.69) is 5.32 Å². The SMILES string of the molecule is COc1c(F)c(F)cc2c(=O)c(C(=O)N[C@@H](CO)Cc3ccccc3)cn(C3CC3)c12.